The molecule has 0 fully saturated rings. The maximum Gasteiger partial charge on any atom is 0.297 e. The van der Waals surface area contributed by atoms with Crippen LogP contribution in [0.1, 0.15) is 27.7 Å². The largest absolute Gasteiger partial charge is 0.493 e. The number of methoxy groups -OCH3 is 2. The zero-order valence-electron chi connectivity index (χ0n) is 16.4. The minimum atomic E-state index is -0.715. The highest BCUT2D eigenvalue weighted by molar-refractivity contribution is 9.10. The second kappa shape index (κ2) is 7.51. The van der Waals surface area contributed by atoms with Crippen molar-refractivity contribution in [3.8, 4) is 11.5 Å². The van der Waals surface area contributed by atoms with Crippen molar-refractivity contribution in [1.29, 1.82) is 0 Å². The fraction of sp³-hybridized carbons (Fsp3) is 0.136. The van der Waals surface area contributed by atoms with Crippen molar-refractivity contribution in [1.82, 2.24) is 4.98 Å². The van der Waals surface area contributed by atoms with Crippen LogP contribution < -0.4 is 19.8 Å². The van der Waals surface area contributed by atoms with Crippen molar-refractivity contribution in [2.75, 3.05) is 19.1 Å². The fourth-order valence-electron chi connectivity index (χ4n) is 3.82. The van der Waals surface area contributed by atoms with Crippen LogP contribution in [0.5, 0.6) is 11.5 Å². The molecule has 7 nitrogen and oxygen atoms in total. The van der Waals surface area contributed by atoms with E-state index >= 15 is 0 Å². The summed E-state index contributed by atoms with van der Waals surface area (Å²) >= 11 is 4.71. The van der Waals surface area contributed by atoms with Gasteiger partial charge in [-0.15, -0.1) is 11.3 Å². The average Bonchev–Trinajstić information content (AvgIpc) is 3.40. The molecule has 4 aromatic rings. The molecule has 156 valence electrons. The Bertz CT molecular complexity index is 1380. The molecule has 2 aromatic heterocycles. The summed E-state index contributed by atoms with van der Waals surface area (Å²) in [6.45, 7) is 0. The summed E-state index contributed by atoms with van der Waals surface area (Å²) in [7, 11) is 3.08. The molecule has 9 heteroatoms. The van der Waals surface area contributed by atoms with Gasteiger partial charge in [0.05, 0.1) is 31.2 Å². The molecule has 0 spiro atoms. The van der Waals surface area contributed by atoms with E-state index in [2.05, 4.69) is 20.9 Å². The first kappa shape index (κ1) is 19.8. The van der Waals surface area contributed by atoms with E-state index in [4.69, 9.17) is 13.9 Å². The lowest BCUT2D eigenvalue weighted by Crippen LogP contribution is -2.29. The number of amides is 1. The Morgan fingerprint density at radius 3 is 2.61 bits per heavy atom. The number of anilines is 1. The van der Waals surface area contributed by atoms with Gasteiger partial charge in [0.1, 0.15) is 5.58 Å². The molecule has 3 heterocycles. The SMILES string of the molecule is COc1ccc([C@@H]2c3c(oc4ccc(Br)cc4c3=O)C(=O)N2c2nccs2)cc1OC. The lowest BCUT2D eigenvalue weighted by molar-refractivity contribution is 0.0971. The number of hydrogen-bond donors (Lipinski definition) is 0. The molecule has 1 atom stereocenters. The van der Waals surface area contributed by atoms with Crippen molar-refractivity contribution >= 4 is 49.3 Å². The summed E-state index contributed by atoms with van der Waals surface area (Å²) in [6.07, 6.45) is 1.62. The van der Waals surface area contributed by atoms with Crippen LogP contribution in [-0.4, -0.2) is 25.1 Å². The highest BCUT2D eigenvalue weighted by Gasteiger charge is 2.45. The van der Waals surface area contributed by atoms with Crippen LogP contribution in [0.2, 0.25) is 0 Å². The quantitative estimate of drug-likeness (QED) is 0.402. The van der Waals surface area contributed by atoms with Crippen molar-refractivity contribution < 1.29 is 18.7 Å². The predicted octanol–water partition coefficient (Wildman–Crippen LogP) is 4.78. The molecule has 1 aliphatic rings. The summed E-state index contributed by atoms with van der Waals surface area (Å²) < 4.78 is 17.5. The molecule has 0 saturated heterocycles. The summed E-state index contributed by atoms with van der Waals surface area (Å²) in [5.74, 6) is 0.653. The molecule has 31 heavy (non-hydrogen) atoms. The summed E-state index contributed by atoms with van der Waals surface area (Å²) in [4.78, 5) is 32.8. The number of fused-ring (bicyclic) bond motifs is 2. The molecule has 0 radical (unpaired) electrons. The zero-order valence-corrected chi connectivity index (χ0v) is 18.8. The van der Waals surface area contributed by atoms with Crippen molar-refractivity contribution in [2.24, 2.45) is 0 Å². The minimum absolute atomic E-state index is 0.0230. The van der Waals surface area contributed by atoms with Gasteiger partial charge in [0.25, 0.3) is 5.91 Å². The number of halogens is 1. The van der Waals surface area contributed by atoms with Crippen LogP contribution in [0, 0.1) is 0 Å². The standard InChI is InChI=1S/C22H15BrN2O5S/c1-28-15-5-3-11(9-16(15)29-2)18-17-19(26)13-10-12(23)4-6-14(13)30-20(17)21(27)25(18)22-24-7-8-31-22/h3-10,18H,1-2H3/t18-/m1/s1. The number of aromatic nitrogens is 1. The van der Waals surface area contributed by atoms with Gasteiger partial charge in [0.15, 0.2) is 22.1 Å². The first-order valence-corrected chi connectivity index (χ1v) is 10.9. The topological polar surface area (TPSA) is 81.9 Å². The number of benzene rings is 2. The number of rotatable bonds is 4. The van der Waals surface area contributed by atoms with E-state index < -0.39 is 11.9 Å². The van der Waals surface area contributed by atoms with E-state index in [9.17, 15) is 9.59 Å². The van der Waals surface area contributed by atoms with Crippen LogP contribution >= 0.6 is 27.3 Å². The molecule has 1 aliphatic heterocycles. The molecular weight excluding hydrogens is 484 g/mol. The molecule has 0 N–H and O–H groups in total. The number of ether oxygens (including phenoxy) is 2. The van der Waals surface area contributed by atoms with E-state index in [1.165, 1.54) is 23.3 Å². The molecular formula is C22H15BrN2O5S. The van der Waals surface area contributed by atoms with Gasteiger partial charge in [-0.3, -0.25) is 14.5 Å². The van der Waals surface area contributed by atoms with Crippen molar-refractivity contribution in [2.45, 2.75) is 6.04 Å². The molecule has 0 saturated carbocycles. The van der Waals surface area contributed by atoms with Gasteiger partial charge in [-0.25, -0.2) is 4.98 Å². The highest BCUT2D eigenvalue weighted by atomic mass is 79.9. The van der Waals surface area contributed by atoms with Crippen LogP contribution in [0.25, 0.3) is 11.0 Å². The minimum Gasteiger partial charge on any atom is -0.493 e. The maximum absolute atomic E-state index is 13.6. The molecule has 0 unspecified atom stereocenters. The fourth-order valence-corrected chi connectivity index (χ4v) is 4.84. The van der Waals surface area contributed by atoms with Gasteiger partial charge in [0, 0.05) is 16.0 Å². The lowest BCUT2D eigenvalue weighted by Gasteiger charge is -2.23. The average molecular weight is 499 g/mol. The summed E-state index contributed by atoms with van der Waals surface area (Å²) in [5.41, 5.74) is 1.05. The third kappa shape index (κ3) is 3.03. The van der Waals surface area contributed by atoms with Crippen molar-refractivity contribution in [3.05, 3.63) is 79.6 Å². The molecule has 2 aromatic carbocycles. The predicted molar refractivity (Wildman–Crippen MR) is 120 cm³/mol. The third-order valence-corrected chi connectivity index (χ3v) is 6.44. The summed E-state index contributed by atoms with van der Waals surface area (Å²) in [6, 6.07) is 9.73. The van der Waals surface area contributed by atoms with E-state index in [1.807, 2.05) is 0 Å². The van der Waals surface area contributed by atoms with Crippen LogP contribution in [-0.2, 0) is 0 Å². The van der Waals surface area contributed by atoms with Gasteiger partial charge in [0.2, 0.25) is 5.76 Å². The number of carbonyl (C=O) groups is 1. The number of nitrogens with zero attached hydrogens (tertiary/aromatic N) is 2. The first-order valence-electron chi connectivity index (χ1n) is 9.24. The normalized spacial score (nSPS) is 15.4. The van der Waals surface area contributed by atoms with E-state index in [0.29, 0.717) is 33.2 Å². The van der Waals surface area contributed by atoms with E-state index in [1.54, 1.807) is 55.1 Å². The number of hydrogen-bond acceptors (Lipinski definition) is 7. The van der Waals surface area contributed by atoms with E-state index in [0.717, 1.165) is 4.47 Å². The highest BCUT2D eigenvalue weighted by Crippen LogP contribution is 2.43. The Kier molecular flexibility index (Phi) is 4.79. The number of thiazole rings is 1. The Hall–Kier alpha value is -3.17. The van der Waals surface area contributed by atoms with E-state index in [-0.39, 0.29) is 16.8 Å². The molecule has 1 amide bonds. The Morgan fingerprint density at radius 2 is 1.90 bits per heavy atom. The lowest BCUT2D eigenvalue weighted by atomic mass is 9.98. The van der Waals surface area contributed by atoms with Gasteiger partial charge >= 0.3 is 0 Å². The molecule has 0 aliphatic carbocycles. The zero-order chi connectivity index (χ0) is 21.7. The Balaban J connectivity index is 1.81. The number of carbonyl (C=O) groups excluding carboxylic acids is 1. The molecule has 5 rings (SSSR count). The van der Waals surface area contributed by atoms with Crippen LogP contribution in [0.4, 0.5) is 5.13 Å². The van der Waals surface area contributed by atoms with Crippen LogP contribution in [0.3, 0.4) is 0 Å². The van der Waals surface area contributed by atoms with Crippen LogP contribution in [0.15, 0.2) is 61.7 Å². The first-order chi connectivity index (χ1) is 15.0. The monoisotopic (exact) mass is 498 g/mol. The third-order valence-electron chi connectivity index (χ3n) is 5.18. The Morgan fingerprint density at radius 1 is 1.10 bits per heavy atom. The molecule has 0 bridgehead atoms. The second-order valence-corrected chi connectivity index (χ2v) is 8.61. The summed E-state index contributed by atoms with van der Waals surface area (Å²) in [5, 5.41) is 2.65. The van der Waals surface area contributed by atoms with Gasteiger partial charge in [-0.05, 0) is 35.9 Å². The Labute approximate surface area is 189 Å². The maximum atomic E-state index is 13.6. The van der Waals surface area contributed by atoms with Gasteiger partial charge < -0.3 is 13.9 Å². The van der Waals surface area contributed by atoms with Gasteiger partial charge in [-0.1, -0.05) is 22.0 Å². The smallest absolute Gasteiger partial charge is 0.297 e. The van der Waals surface area contributed by atoms with Crippen molar-refractivity contribution in [3.63, 3.8) is 0 Å². The van der Waals surface area contributed by atoms with Gasteiger partial charge in [-0.2, -0.15) is 0 Å². The second-order valence-electron chi connectivity index (χ2n) is 6.82.